The molecule has 0 spiro atoms. The van der Waals surface area contributed by atoms with Gasteiger partial charge in [-0.1, -0.05) is 45.8 Å². The largest absolute Gasteiger partial charge is 0.461 e. The Hall–Kier alpha value is -3.33. The van der Waals surface area contributed by atoms with Gasteiger partial charge in [0.1, 0.15) is 29.5 Å². The van der Waals surface area contributed by atoms with E-state index in [1.165, 1.54) is 11.3 Å². The van der Waals surface area contributed by atoms with Gasteiger partial charge in [-0.05, 0) is 44.0 Å². The monoisotopic (exact) mass is 720 g/mol. The Morgan fingerprint density at radius 3 is 2.50 bits per heavy atom. The number of esters is 2. The minimum Gasteiger partial charge on any atom is -0.461 e. The molecular weight excluding hydrogens is 686 g/mol. The number of carbonyl (C=O) groups is 2. The van der Waals surface area contributed by atoms with Gasteiger partial charge in [-0.25, -0.2) is 19.0 Å². The van der Waals surface area contributed by atoms with Crippen LogP contribution in [0.3, 0.4) is 0 Å². The third-order valence-corrected chi connectivity index (χ3v) is 10.2. The van der Waals surface area contributed by atoms with Crippen LogP contribution in [0, 0.1) is 5.82 Å². The molecule has 3 heterocycles. The number of halogens is 3. The van der Waals surface area contributed by atoms with Crippen molar-refractivity contribution >= 4 is 61.8 Å². The highest BCUT2D eigenvalue weighted by atomic mass is 35.5. The van der Waals surface area contributed by atoms with Crippen molar-refractivity contribution in [2.75, 3.05) is 50.9 Å². The molecule has 1 aliphatic heterocycles. The zero-order valence-corrected chi connectivity index (χ0v) is 28.5. The Morgan fingerprint density at radius 2 is 1.83 bits per heavy atom. The maximum absolute atomic E-state index is 15.1. The number of rotatable bonds is 13. The van der Waals surface area contributed by atoms with Crippen molar-refractivity contribution in [3.63, 3.8) is 0 Å². The average molecular weight is 722 g/mol. The zero-order valence-electron chi connectivity index (χ0n) is 26.2. The number of ether oxygens (including phenoxy) is 2. The molecule has 2 aromatic carbocycles. The SMILES string of the molecule is C[C@H]1C[C@@H](OC(=O)c2c(-c3c(Cl)cccc3Cl)noc2C2CC2)CCN1c1nc2c(F)cc(C(=O)OCCN(CCO)CCO)cc2s1. The van der Waals surface area contributed by atoms with Gasteiger partial charge < -0.3 is 29.1 Å². The third kappa shape index (κ3) is 7.46. The Labute approximate surface area is 290 Å². The van der Waals surface area contributed by atoms with Crippen LogP contribution >= 0.6 is 34.5 Å². The molecule has 11 nitrogen and oxygen atoms in total. The minimum atomic E-state index is -0.674. The molecule has 0 bridgehead atoms. The Morgan fingerprint density at radius 1 is 1.10 bits per heavy atom. The number of thiazole rings is 1. The Bertz CT molecular complexity index is 1770. The summed E-state index contributed by atoms with van der Waals surface area (Å²) < 4.78 is 32.7. The molecule has 48 heavy (non-hydrogen) atoms. The molecule has 15 heteroatoms. The third-order valence-electron chi connectivity index (χ3n) is 8.56. The van der Waals surface area contributed by atoms with Crippen LogP contribution in [0.15, 0.2) is 34.9 Å². The summed E-state index contributed by atoms with van der Waals surface area (Å²) in [5.74, 6) is -1.26. The highest BCUT2D eigenvalue weighted by molar-refractivity contribution is 7.22. The maximum atomic E-state index is 15.1. The molecule has 256 valence electrons. The number of aliphatic hydroxyl groups is 2. The first-order chi connectivity index (χ1) is 23.2. The van der Waals surface area contributed by atoms with Crippen molar-refractivity contribution in [2.24, 2.45) is 0 Å². The predicted octanol–water partition coefficient (Wildman–Crippen LogP) is 5.93. The second-order valence-corrected chi connectivity index (χ2v) is 13.8. The van der Waals surface area contributed by atoms with Gasteiger partial charge >= 0.3 is 11.9 Å². The van der Waals surface area contributed by atoms with Gasteiger partial charge in [0, 0.05) is 56.5 Å². The molecular formula is C33H35Cl2FN4O7S. The van der Waals surface area contributed by atoms with E-state index in [-0.39, 0.29) is 54.1 Å². The minimum absolute atomic E-state index is 0.0253. The number of nitrogens with zero attached hydrogens (tertiary/aromatic N) is 4. The normalized spacial score (nSPS) is 18.1. The van der Waals surface area contributed by atoms with Gasteiger partial charge in [0.15, 0.2) is 16.7 Å². The summed E-state index contributed by atoms with van der Waals surface area (Å²) in [5, 5.41) is 23.8. The molecule has 1 saturated carbocycles. The van der Waals surface area contributed by atoms with Crippen molar-refractivity contribution in [3.8, 4) is 11.3 Å². The van der Waals surface area contributed by atoms with Crippen LogP contribution in [0.1, 0.15) is 65.0 Å². The van der Waals surface area contributed by atoms with Gasteiger partial charge in [0.25, 0.3) is 0 Å². The van der Waals surface area contributed by atoms with E-state index in [2.05, 4.69) is 10.1 Å². The van der Waals surface area contributed by atoms with E-state index in [1.54, 1.807) is 29.2 Å². The maximum Gasteiger partial charge on any atom is 0.344 e. The van der Waals surface area contributed by atoms with E-state index in [0.717, 1.165) is 18.9 Å². The van der Waals surface area contributed by atoms with Crippen molar-refractivity contribution in [3.05, 3.63) is 63.1 Å². The first-order valence-corrected chi connectivity index (χ1v) is 17.4. The topological polar surface area (TPSA) is 138 Å². The summed E-state index contributed by atoms with van der Waals surface area (Å²) in [7, 11) is 0. The van der Waals surface area contributed by atoms with Gasteiger partial charge in [0.2, 0.25) is 0 Å². The molecule has 4 aromatic rings. The fourth-order valence-corrected chi connectivity index (χ4v) is 7.66. The summed E-state index contributed by atoms with van der Waals surface area (Å²) in [5.41, 5.74) is 1.19. The van der Waals surface area contributed by atoms with Gasteiger partial charge in [-0.3, -0.25) is 4.90 Å². The first-order valence-electron chi connectivity index (χ1n) is 15.8. The standard InChI is InChI=1S/C33H35Cl2FN4O7S/c1-18-15-21(46-32(44)27-29(38-47-30(27)19-5-6-19)26-22(34)3-2-4-23(26)35)7-8-40(18)33-37-28-24(36)16-20(17-25(28)48-33)31(43)45-14-11-39(9-12-41)10-13-42/h2-4,16-19,21,41-42H,5-15H2,1H3/t18-,21-/m0/s1. The molecule has 2 aromatic heterocycles. The van der Waals surface area contributed by atoms with Crippen molar-refractivity contribution in [1.29, 1.82) is 0 Å². The molecule has 1 aliphatic carbocycles. The molecule has 2 atom stereocenters. The second-order valence-electron chi connectivity index (χ2n) is 12.0. The van der Waals surface area contributed by atoms with Crippen molar-refractivity contribution in [2.45, 2.75) is 50.7 Å². The van der Waals surface area contributed by atoms with E-state index < -0.39 is 23.9 Å². The number of anilines is 1. The lowest BCUT2D eigenvalue weighted by atomic mass is 10.0. The lowest BCUT2D eigenvalue weighted by Gasteiger charge is -2.37. The highest BCUT2D eigenvalue weighted by Crippen LogP contribution is 2.46. The first kappa shape index (κ1) is 34.5. The molecule has 0 unspecified atom stereocenters. The Kier molecular flexibility index (Phi) is 10.8. The van der Waals surface area contributed by atoms with E-state index in [4.69, 9.17) is 47.4 Å². The second kappa shape index (κ2) is 15.1. The summed E-state index contributed by atoms with van der Waals surface area (Å²) in [6.45, 7) is 3.35. The van der Waals surface area contributed by atoms with Gasteiger partial charge in [0.05, 0.1) is 33.5 Å². The van der Waals surface area contributed by atoms with Gasteiger partial charge in [-0.15, -0.1) is 0 Å². The van der Waals surface area contributed by atoms with Crippen LogP contribution in [-0.2, 0) is 9.47 Å². The number of carbonyl (C=O) groups excluding carboxylic acids is 2. The molecule has 0 radical (unpaired) electrons. The molecule has 2 fully saturated rings. The van der Waals surface area contributed by atoms with Crippen LogP contribution in [0.25, 0.3) is 21.5 Å². The van der Waals surface area contributed by atoms with Crippen molar-refractivity contribution < 1.29 is 38.2 Å². The molecule has 2 aliphatic rings. The quantitative estimate of drug-likeness (QED) is 0.159. The number of hydrogen-bond donors (Lipinski definition) is 2. The fraction of sp³-hybridized carbons (Fsp3) is 0.455. The molecule has 1 saturated heterocycles. The average Bonchev–Trinajstić information content (AvgIpc) is 3.65. The predicted molar refractivity (Wildman–Crippen MR) is 180 cm³/mol. The number of aromatic nitrogens is 2. The lowest BCUT2D eigenvalue weighted by Crippen LogP contribution is -2.44. The smallest absolute Gasteiger partial charge is 0.344 e. The number of benzene rings is 2. The number of piperidine rings is 1. The van der Waals surface area contributed by atoms with E-state index >= 15 is 4.39 Å². The van der Waals surface area contributed by atoms with Crippen LogP contribution in [0.4, 0.5) is 9.52 Å². The Balaban J connectivity index is 1.12. The number of aliphatic hydroxyl groups excluding tert-OH is 2. The number of fused-ring (bicyclic) bond motifs is 1. The van der Waals surface area contributed by atoms with Crippen LogP contribution in [0.2, 0.25) is 10.0 Å². The van der Waals surface area contributed by atoms with E-state index in [0.29, 0.717) is 70.2 Å². The van der Waals surface area contributed by atoms with Gasteiger partial charge in [-0.2, -0.15) is 0 Å². The summed E-state index contributed by atoms with van der Waals surface area (Å²) in [6, 6.07) is 7.67. The molecule has 2 N–H and O–H groups in total. The fourth-order valence-electron chi connectivity index (χ4n) is 5.94. The summed E-state index contributed by atoms with van der Waals surface area (Å²) >= 11 is 14.2. The van der Waals surface area contributed by atoms with Crippen LogP contribution < -0.4 is 4.90 Å². The lowest BCUT2D eigenvalue weighted by molar-refractivity contribution is 0.0214. The summed E-state index contributed by atoms with van der Waals surface area (Å²) in [4.78, 5) is 34.7. The zero-order chi connectivity index (χ0) is 33.9. The summed E-state index contributed by atoms with van der Waals surface area (Å²) in [6.07, 6.45) is 2.42. The molecule has 0 amide bonds. The van der Waals surface area contributed by atoms with E-state index in [1.807, 2.05) is 11.8 Å². The van der Waals surface area contributed by atoms with Crippen molar-refractivity contribution in [1.82, 2.24) is 15.0 Å². The van der Waals surface area contributed by atoms with Crippen LogP contribution in [0.5, 0.6) is 0 Å². The molecule has 6 rings (SSSR count). The highest BCUT2D eigenvalue weighted by Gasteiger charge is 2.39. The van der Waals surface area contributed by atoms with E-state index in [9.17, 15) is 9.59 Å². The van der Waals surface area contributed by atoms with Crippen LogP contribution in [-0.4, -0.2) is 95.3 Å². The number of hydrogen-bond acceptors (Lipinski definition) is 12.